The summed E-state index contributed by atoms with van der Waals surface area (Å²) >= 11 is 0. The summed E-state index contributed by atoms with van der Waals surface area (Å²) in [6.45, 7) is 11.8. The highest BCUT2D eigenvalue weighted by atomic mass is 16.7. The number of aromatic nitrogens is 1. The van der Waals surface area contributed by atoms with E-state index in [1.165, 1.54) is 11.8 Å². The summed E-state index contributed by atoms with van der Waals surface area (Å²) in [5.41, 5.74) is 0.507. The summed E-state index contributed by atoms with van der Waals surface area (Å²) in [4.78, 5) is 17.6. The van der Waals surface area contributed by atoms with E-state index in [2.05, 4.69) is 4.98 Å². The summed E-state index contributed by atoms with van der Waals surface area (Å²) < 4.78 is 17.6. The number of carbonyl (C=O) groups excluding carboxylic acids is 1. The van der Waals surface area contributed by atoms with Crippen LogP contribution in [0, 0.1) is 0 Å². The van der Waals surface area contributed by atoms with Crippen LogP contribution in [0.1, 0.15) is 41.5 Å². The zero-order valence-electron chi connectivity index (χ0n) is 15.0. The van der Waals surface area contributed by atoms with Gasteiger partial charge in [0.15, 0.2) is 0 Å². The molecule has 0 aromatic carbocycles. The Kier molecular flexibility index (Phi) is 4.73. The second-order valence-electron chi connectivity index (χ2n) is 6.69. The maximum absolute atomic E-state index is 11.7. The van der Waals surface area contributed by atoms with Gasteiger partial charge >= 0.3 is 7.12 Å². The largest absolute Gasteiger partial charge is 0.496 e. The molecule has 126 valence electrons. The Morgan fingerprint density at radius 3 is 2.35 bits per heavy atom. The van der Waals surface area contributed by atoms with Gasteiger partial charge in [0.25, 0.3) is 0 Å². The third kappa shape index (κ3) is 3.35. The van der Waals surface area contributed by atoms with Gasteiger partial charge in [0.2, 0.25) is 11.8 Å². The molecule has 1 aliphatic heterocycles. The van der Waals surface area contributed by atoms with Crippen molar-refractivity contribution in [2.45, 2.75) is 52.7 Å². The van der Waals surface area contributed by atoms with Crippen LogP contribution in [0.3, 0.4) is 0 Å². The molecule has 1 aliphatic rings. The summed E-state index contributed by atoms with van der Waals surface area (Å²) in [5, 5.41) is 0. The average Bonchev–Trinajstić information content (AvgIpc) is 2.67. The van der Waals surface area contributed by atoms with Crippen molar-refractivity contribution in [3.05, 3.63) is 12.3 Å². The molecule has 1 saturated heterocycles. The van der Waals surface area contributed by atoms with Crippen molar-refractivity contribution in [3.8, 4) is 5.88 Å². The zero-order chi connectivity index (χ0) is 17.4. The monoisotopic (exact) mass is 320 g/mol. The van der Waals surface area contributed by atoms with Crippen molar-refractivity contribution >= 4 is 24.2 Å². The van der Waals surface area contributed by atoms with Gasteiger partial charge in [-0.15, -0.1) is 0 Å². The topological polar surface area (TPSA) is 60.9 Å². The molecule has 2 rings (SSSR count). The van der Waals surface area contributed by atoms with Gasteiger partial charge in [0, 0.05) is 25.6 Å². The van der Waals surface area contributed by atoms with Gasteiger partial charge in [0.1, 0.15) is 5.69 Å². The number of amides is 1. The van der Waals surface area contributed by atoms with Crippen molar-refractivity contribution in [1.82, 2.24) is 4.98 Å². The summed E-state index contributed by atoms with van der Waals surface area (Å²) in [5.74, 6) is 0.323. The number of pyridine rings is 1. The molecular weight excluding hydrogens is 295 g/mol. The smallest absolute Gasteiger partial charge is 0.476 e. The molecule has 7 heteroatoms. The lowest BCUT2D eigenvalue weighted by atomic mass is 9.80. The van der Waals surface area contributed by atoms with Crippen LogP contribution < -0.4 is 15.1 Å². The second kappa shape index (κ2) is 6.13. The van der Waals surface area contributed by atoms with Gasteiger partial charge < -0.3 is 18.9 Å². The third-order valence-corrected chi connectivity index (χ3v) is 4.49. The highest BCUT2D eigenvalue weighted by molar-refractivity contribution is 6.62. The molecule has 1 aromatic rings. The van der Waals surface area contributed by atoms with Gasteiger partial charge in [0.05, 0.1) is 17.8 Å². The molecule has 1 aromatic heterocycles. The Morgan fingerprint density at radius 2 is 1.87 bits per heavy atom. The zero-order valence-corrected chi connectivity index (χ0v) is 15.0. The minimum Gasteiger partial charge on any atom is -0.476 e. The fourth-order valence-electron chi connectivity index (χ4n) is 2.22. The van der Waals surface area contributed by atoms with E-state index in [1.807, 2.05) is 40.7 Å². The van der Waals surface area contributed by atoms with Crippen molar-refractivity contribution < 1.29 is 18.8 Å². The number of nitrogens with zero attached hydrogens (tertiary/aromatic N) is 2. The maximum Gasteiger partial charge on any atom is 0.496 e. The fraction of sp³-hybridized carbons (Fsp3) is 0.625. The van der Waals surface area contributed by atoms with E-state index in [-0.39, 0.29) is 5.91 Å². The Balaban J connectivity index is 2.38. The van der Waals surface area contributed by atoms with Crippen LogP contribution >= 0.6 is 0 Å². The van der Waals surface area contributed by atoms with Gasteiger partial charge in [-0.1, -0.05) is 0 Å². The first kappa shape index (κ1) is 17.8. The van der Waals surface area contributed by atoms with Crippen molar-refractivity contribution in [2.75, 3.05) is 18.6 Å². The summed E-state index contributed by atoms with van der Waals surface area (Å²) in [7, 11) is 1.16. The van der Waals surface area contributed by atoms with E-state index >= 15 is 0 Å². The first-order valence-corrected chi connectivity index (χ1v) is 7.81. The Morgan fingerprint density at radius 1 is 1.30 bits per heavy atom. The lowest BCUT2D eigenvalue weighted by Crippen LogP contribution is -2.41. The van der Waals surface area contributed by atoms with Crippen LogP contribution in [0.15, 0.2) is 12.3 Å². The number of hydrogen-bond donors (Lipinski definition) is 0. The van der Waals surface area contributed by atoms with Crippen LogP contribution in [0.2, 0.25) is 0 Å². The van der Waals surface area contributed by atoms with Gasteiger partial charge in [-0.3, -0.25) is 4.79 Å². The minimum atomic E-state index is -0.526. The Bertz CT molecular complexity index is 588. The summed E-state index contributed by atoms with van der Waals surface area (Å²) in [6, 6.07) is 1.83. The molecule has 1 amide bonds. The highest BCUT2D eigenvalue weighted by Gasteiger charge is 2.52. The van der Waals surface area contributed by atoms with E-state index in [9.17, 15) is 4.79 Å². The van der Waals surface area contributed by atoms with Gasteiger partial charge in [-0.05, 0) is 40.7 Å². The predicted octanol–water partition coefficient (Wildman–Crippen LogP) is 1.76. The van der Waals surface area contributed by atoms with Crippen LogP contribution in [0.4, 0.5) is 5.69 Å². The Hall–Kier alpha value is -1.60. The molecule has 6 nitrogen and oxygen atoms in total. The number of hydrogen-bond acceptors (Lipinski definition) is 5. The molecule has 0 radical (unpaired) electrons. The lowest BCUT2D eigenvalue weighted by molar-refractivity contribution is -0.116. The number of rotatable bonds is 4. The fourth-order valence-corrected chi connectivity index (χ4v) is 2.22. The maximum atomic E-state index is 11.7. The SMILES string of the molecule is CCOc1ncc(B2OC(C)(C)C(C)(C)O2)cc1N(C)C(C)=O. The minimum absolute atomic E-state index is 0.0983. The molecule has 0 bridgehead atoms. The molecule has 0 unspecified atom stereocenters. The van der Waals surface area contributed by atoms with E-state index in [1.54, 1.807) is 13.2 Å². The molecule has 1 fully saturated rings. The summed E-state index contributed by atoms with van der Waals surface area (Å²) in [6.07, 6.45) is 1.67. The van der Waals surface area contributed by atoms with Crippen molar-refractivity contribution in [2.24, 2.45) is 0 Å². The number of ether oxygens (including phenoxy) is 1. The number of carbonyl (C=O) groups is 1. The normalized spacial score (nSPS) is 18.8. The van der Waals surface area contributed by atoms with Gasteiger partial charge in [-0.2, -0.15) is 0 Å². The van der Waals surface area contributed by atoms with Crippen LogP contribution in [0.25, 0.3) is 0 Å². The first-order chi connectivity index (χ1) is 10.6. The van der Waals surface area contributed by atoms with E-state index in [0.29, 0.717) is 18.2 Å². The van der Waals surface area contributed by atoms with E-state index < -0.39 is 18.3 Å². The quantitative estimate of drug-likeness (QED) is 0.791. The highest BCUT2D eigenvalue weighted by Crippen LogP contribution is 2.37. The van der Waals surface area contributed by atoms with Crippen LogP contribution in [-0.4, -0.2) is 42.9 Å². The van der Waals surface area contributed by atoms with E-state index in [4.69, 9.17) is 14.0 Å². The van der Waals surface area contributed by atoms with Crippen LogP contribution in [0.5, 0.6) is 5.88 Å². The van der Waals surface area contributed by atoms with Crippen molar-refractivity contribution in [3.63, 3.8) is 0 Å². The molecule has 0 aliphatic carbocycles. The molecule has 23 heavy (non-hydrogen) atoms. The molecule has 0 atom stereocenters. The molecule has 0 spiro atoms. The standard InChI is InChI=1S/C16H25BN2O4/c1-8-21-14-13(19(7)11(2)20)9-12(10-18-14)17-22-15(3,4)16(5,6)23-17/h9-10H,8H2,1-7H3. The average molecular weight is 320 g/mol. The number of anilines is 1. The molecule has 0 N–H and O–H groups in total. The Labute approximate surface area is 138 Å². The third-order valence-electron chi connectivity index (χ3n) is 4.49. The molecule has 0 saturated carbocycles. The first-order valence-electron chi connectivity index (χ1n) is 7.81. The lowest BCUT2D eigenvalue weighted by Gasteiger charge is -2.32. The van der Waals surface area contributed by atoms with Crippen LogP contribution in [-0.2, 0) is 14.1 Å². The van der Waals surface area contributed by atoms with E-state index in [0.717, 1.165) is 5.46 Å². The predicted molar refractivity (Wildman–Crippen MR) is 90.2 cm³/mol. The molecule has 2 heterocycles. The second-order valence-corrected chi connectivity index (χ2v) is 6.69. The van der Waals surface area contributed by atoms with Gasteiger partial charge in [-0.25, -0.2) is 4.98 Å². The van der Waals surface area contributed by atoms with Crippen molar-refractivity contribution in [1.29, 1.82) is 0 Å². The molecular formula is C16H25BN2O4.